The SMILES string of the molecule is Cc1cc(C)nc(N[C@@H]2CC(=O)N(C3CC3)[C@H]2c2cccnc2)n1. The Kier molecular flexibility index (Phi) is 3.67. The summed E-state index contributed by atoms with van der Waals surface area (Å²) in [6.07, 6.45) is 6.27. The zero-order valence-corrected chi connectivity index (χ0v) is 13.9. The Bertz CT molecular complexity index is 739. The lowest BCUT2D eigenvalue weighted by molar-refractivity contribution is -0.129. The first-order valence-corrected chi connectivity index (χ1v) is 8.42. The van der Waals surface area contributed by atoms with Crippen molar-refractivity contribution >= 4 is 11.9 Å². The maximum absolute atomic E-state index is 12.6. The Hall–Kier alpha value is -2.50. The van der Waals surface area contributed by atoms with Gasteiger partial charge in [0.2, 0.25) is 11.9 Å². The molecule has 2 atom stereocenters. The van der Waals surface area contributed by atoms with Crippen LogP contribution >= 0.6 is 0 Å². The first-order valence-electron chi connectivity index (χ1n) is 8.42. The van der Waals surface area contributed by atoms with Crippen LogP contribution in [0.1, 0.15) is 42.3 Å². The third-order valence-electron chi connectivity index (χ3n) is 4.63. The van der Waals surface area contributed by atoms with Crippen molar-refractivity contribution in [3.05, 3.63) is 47.5 Å². The van der Waals surface area contributed by atoms with Gasteiger partial charge in [-0.25, -0.2) is 9.97 Å². The van der Waals surface area contributed by atoms with Crippen molar-refractivity contribution in [2.24, 2.45) is 0 Å². The van der Waals surface area contributed by atoms with Crippen molar-refractivity contribution < 1.29 is 4.79 Å². The summed E-state index contributed by atoms with van der Waals surface area (Å²) in [4.78, 5) is 27.8. The minimum absolute atomic E-state index is 0.0110. The minimum atomic E-state index is -0.0384. The van der Waals surface area contributed by atoms with Crippen molar-refractivity contribution in [3.8, 4) is 0 Å². The Morgan fingerprint density at radius 3 is 2.58 bits per heavy atom. The van der Waals surface area contributed by atoms with Crippen LogP contribution in [0.4, 0.5) is 5.95 Å². The molecule has 6 nitrogen and oxygen atoms in total. The monoisotopic (exact) mass is 323 g/mol. The molecule has 1 saturated heterocycles. The number of carbonyl (C=O) groups is 1. The quantitative estimate of drug-likeness (QED) is 0.935. The Morgan fingerprint density at radius 2 is 1.96 bits per heavy atom. The van der Waals surface area contributed by atoms with Crippen LogP contribution < -0.4 is 5.32 Å². The topological polar surface area (TPSA) is 71.0 Å². The van der Waals surface area contributed by atoms with Gasteiger partial charge in [-0.05, 0) is 44.4 Å². The van der Waals surface area contributed by atoms with Gasteiger partial charge in [0.1, 0.15) is 0 Å². The largest absolute Gasteiger partial charge is 0.349 e. The molecule has 2 aromatic heterocycles. The normalized spacial score (nSPS) is 23.6. The molecule has 4 rings (SSSR count). The van der Waals surface area contributed by atoms with E-state index < -0.39 is 0 Å². The van der Waals surface area contributed by atoms with Crippen LogP contribution in [-0.2, 0) is 4.79 Å². The molecule has 1 aliphatic heterocycles. The van der Waals surface area contributed by atoms with Crippen LogP contribution in [0.3, 0.4) is 0 Å². The average Bonchev–Trinajstić information content (AvgIpc) is 3.31. The lowest BCUT2D eigenvalue weighted by atomic mass is 10.0. The van der Waals surface area contributed by atoms with E-state index in [1.54, 1.807) is 6.20 Å². The molecule has 0 unspecified atom stereocenters. The summed E-state index contributed by atoms with van der Waals surface area (Å²) in [5.41, 5.74) is 2.91. The Labute approximate surface area is 141 Å². The second-order valence-electron chi connectivity index (χ2n) is 6.69. The van der Waals surface area contributed by atoms with E-state index in [0.29, 0.717) is 18.4 Å². The molecule has 24 heavy (non-hydrogen) atoms. The summed E-state index contributed by atoms with van der Waals surface area (Å²) in [5.74, 6) is 0.796. The maximum Gasteiger partial charge on any atom is 0.225 e. The van der Waals surface area contributed by atoms with Crippen molar-refractivity contribution in [2.75, 3.05) is 5.32 Å². The van der Waals surface area contributed by atoms with E-state index in [4.69, 9.17) is 0 Å². The molecule has 2 aromatic rings. The smallest absolute Gasteiger partial charge is 0.225 e. The molecule has 3 heterocycles. The standard InChI is InChI=1S/C18H21N5O/c1-11-8-12(2)21-18(20-11)22-15-9-16(24)23(14-5-6-14)17(15)13-4-3-7-19-10-13/h3-4,7-8,10,14-15,17H,5-6,9H2,1-2H3,(H,20,21,22)/t15-,17+/m1/s1. The zero-order valence-electron chi connectivity index (χ0n) is 13.9. The molecular weight excluding hydrogens is 302 g/mol. The van der Waals surface area contributed by atoms with Crippen LogP contribution in [0.25, 0.3) is 0 Å². The van der Waals surface area contributed by atoms with E-state index in [1.807, 2.05) is 43.1 Å². The molecule has 124 valence electrons. The van der Waals surface area contributed by atoms with Crippen molar-refractivity contribution in [1.29, 1.82) is 0 Å². The first kappa shape index (κ1) is 15.1. The number of nitrogens with zero attached hydrogens (tertiary/aromatic N) is 4. The van der Waals surface area contributed by atoms with E-state index >= 15 is 0 Å². The Morgan fingerprint density at radius 1 is 1.21 bits per heavy atom. The highest BCUT2D eigenvalue weighted by Crippen LogP contribution is 2.42. The van der Waals surface area contributed by atoms with Crippen molar-refractivity contribution in [1.82, 2.24) is 19.9 Å². The fraction of sp³-hybridized carbons (Fsp3) is 0.444. The summed E-state index contributed by atoms with van der Waals surface area (Å²) < 4.78 is 0. The number of rotatable bonds is 4. The molecule has 0 radical (unpaired) electrons. The summed E-state index contributed by atoms with van der Waals surface area (Å²) in [6.45, 7) is 3.91. The number of aryl methyl sites for hydroxylation is 2. The highest BCUT2D eigenvalue weighted by atomic mass is 16.2. The van der Waals surface area contributed by atoms with Crippen molar-refractivity contribution in [2.45, 2.75) is 51.2 Å². The van der Waals surface area contributed by atoms with Gasteiger partial charge in [0, 0.05) is 36.2 Å². The van der Waals surface area contributed by atoms with Crippen LogP contribution in [0.15, 0.2) is 30.6 Å². The van der Waals surface area contributed by atoms with E-state index in [0.717, 1.165) is 29.8 Å². The lowest BCUT2D eigenvalue weighted by Gasteiger charge is -2.29. The van der Waals surface area contributed by atoms with Gasteiger partial charge in [0.25, 0.3) is 0 Å². The molecule has 0 aromatic carbocycles. The van der Waals surface area contributed by atoms with Gasteiger partial charge in [-0.2, -0.15) is 0 Å². The van der Waals surface area contributed by atoms with Gasteiger partial charge in [-0.3, -0.25) is 9.78 Å². The van der Waals surface area contributed by atoms with E-state index in [9.17, 15) is 4.79 Å². The van der Waals surface area contributed by atoms with Gasteiger partial charge >= 0.3 is 0 Å². The van der Waals surface area contributed by atoms with Crippen LogP contribution in [0.5, 0.6) is 0 Å². The van der Waals surface area contributed by atoms with E-state index in [2.05, 4.69) is 20.3 Å². The van der Waals surface area contributed by atoms with Gasteiger partial charge in [0.05, 0.1) is 12.1 Å². The molecule has 1 N–H and O–H groups in total. The fourth-order valence-corrected chi connectivity index (χ4v) is 3.57. The summed E-state index contributed by atoms with van der Waals surface area (Å²) >= 11 is 0. The fourth-order valence-electron chi connectivity index (χ4n) is 3.57. The molecule has 0 bridgehead atoms. The number of anilines is 1. The highest BCUT2D eigenvalue weighted by Gasteiger charge is 2.47. The molecule has 1 saturated carbocycles. The zero-order chi connectivity index (χ0) is 16.7. The molecule has 2 fully saturated rings. The predicted molar refractivity (Wildman–Crippen MR) is 90.4 cm³/mol. The number of nitrogens with one attached hydrogen (secondary N) is 1. The van der Waals surface area contributed by atoms with Gasteiger partial charge in [-0.15, -0.1) is 0 Å². The number of aromatic nitrogens is 3. The number of likely N-dealkylation sites (tertiary alicyclic amines) is 1. The summed E-state index contributed by atoms with van der Waals surface area (Å²) in [6, 6.07) is 6.23. The molecule has 1 amide bonds. The average molecular weight is 323 g/mol. The van der Waals surface area contributed by atoms with Gasteiger partial charge < -0.3 is 10.2 Å². The number of pyridine rings is 1. The molecular formula is C18H21N5O. The van der Waals surface area contributed by atoms with Crippen LogP contribution in [0, 0.1) is 13.8 Å². The third-order valence-corrected chi connectivity index (χ3v) is 4.63. The number of hydrogen-bond donors (Lipinski definition) is 1. The number of hydrogen-bond acceptors (Lipinski definition) is 5. The van der Waals surface area contributed by atoms with Crippen molar-refractivity contribution in [3.63, 3.8) is 0 Å². The molecule has 1 aliphatic carbocycles. The van der Waals surface area contributed by atoms with E-state index in [-0.39, 0.29) is 18.0 Å². The van der Waals surface area contributed by atoms with Gasteiger partial charge in [0.15, 0.2) is 0 Å². The molecule has 0 spiro atoms. The van der Waals surface area contributed by atoms with Crippen LogP contribution in [0.2, 0.25) is 0 Å². The number of carbonyl (C=O) groups excluding carboxylic acids is 1. The number of amides is 1. The lowest BCUT2D eigenvalue weighted by Crippen LogP contribution is -2.34. The summed E-state index contributed by atoms with van der Waals surface area (Å²) in [5, 5.41) is 3.40. The maximum atomic E-state index is 12.6. The molecule has 6 heteroatoms. The minimum Gasteiger partial charge on any atom is -0.349 e. The van der Waals surface area contributed by atoms with Gasteiger partial charge in [-0.1, -0.05) is 6.07 Å². The molecule has 2 aliphatic rings. The Balaban J connectivity index is 1.66. The summed E-state index contributed by atoms with van der Waals surface area (Å²) in [7, 11) is 0. The second kappa shape index (κ2) is 5.85. The highest BCUT2D eigenvalue weighted by molar-refractivity contribution is 5.81. The first-order chi connectivity index (χ1) is 11.6. The second-order valence-corrected chi connectivity index (χ2v) is 6.69. The predicted octanol–water partition coefficient (Wildman–Crippen LogP) is 2.40. The van der Waals surface area contributed by atoms with Crippen LogP contribution in [-0.4, -0.2) is 37.8 Å². The van der Waals surface area contributed by atoms with E-state index in [1.165, 1.54) is 0 Å². The third kappa shape index (κ3) is 2.84.